The van der Waals surface area contributed by atoms with Crippen LogP contribution in [-0.4, -0.2) is 9.97 Å². The zero-order valence-electron chi connectivity index (χ0n) is 12.4. The minimum absolute atomic E-state index is 0.557. The van der Waals surface area contributed by atoms with E-state index in [1.54, 1.807) is 11.8 Å². The number of thioether (sulfide) groups is 1. The van der Waals surface area contributed by atoms with Gasteiger partial charge in [-0.3, -0.25) is 0 Å². The van der Waals surface area contributed by atoms with E-state index in [-0.39, 0.29) is 0 Å². The third-order valence-corrected chi connectivity index (χ3v) is 5.65. The molecule has 21 heavy (non-hydrogen) atoms. The van der Waals surface area contributed by atoms with Crippen molar-refractivity contribution < 1.29 is 0 Å². The van der Waals surface area contributed by atoms with Gasteiger partial charge in [-0.1, -0.05) is 43.1 Å². The fourth-order valence-corrected chi connectivity index (χ4v) is 3.30. The van der Waals surface area contributed by atoms with E-state index < -0.39 is 0 Å². The van der Waals surface area contributed by atoms with Gasteiger partial charge in [-0.15, -0.1) is 11.8 Å². The molecule has 0 unspecified atom stereocenters. The maximum atomic E-state index is 6.24. The first-order valence-electron chi connectivity index (χ1n) is 6.86. The lowest BCUT2D eigenvalue weighted by molar-refractivity contribution is 0.629. The van der Waals surface area contributed by atoms with Crippen molar-refractivity contribution in [1.29, 1.82) is 0 Å². The maximum absolute atomic E-state index is 6.24. The van der Waals surface area contributed by atoms with Crippen LogP contribution in [-0.2, 0) is 12.2 Å². The summed E-state index contributed by atoms with van der Waals surface area (Å²) in [6, 6.07) is 8.50. The number of halogens is 2. The van der Waals surface area contributed by atoms with Crippen LogP contribution in [0.4, 0.5) is 0 Å². The fraction of sp³-hybridized carbons (Fsp3) is 0.375. The van der Waals surface area contributed by atoms with Gasteiger partial charge in [0, 0.05) is 4.90 Å². The molecule has 0 N–H and O–H groups in total. The number of nitrogens with zero attached hydrogens (tertiary/aromatic N) is 2. The summed E-state index contributed by atoms with van der Waals surface area (Å²) in [6.45, 7) is 6.47. The first-order valence-corrected chi connectivity index (χ1v) is 9.30. The average molecular weight is 433 g/mol. The molecule has 0 saturated carbocycles. The topological polar surface area (TPSA) is 25.8 Å². The summed E-state index contributed by atoms with van der Waals surface area (Å²) in [5, 5.41) is 0.570. The molecule has 0 radical (unpaired) electrons. The predicted octanol–water partition coefficient (Wildman–Crippen LogP) is 5.53. The summed E-state index contributed by atoms with van der Waals surface area (Å²) < 4.78 is 0.979. The van der Waals surface area contributed by atoms with E-state index >= 15 is 0 Å². The molecule has 0 bridgehead atoms. The van der Waals surface area contributed by atoms with Crippen LogP contribution in [0, 0.1) is 16.4 Å². The molecular formula is C16H18ClIN2S. The quantitative estimate of drug-likeness (QED) is 0.353. The molecular weight excluding hydrogens is 415 g/mol. The first kappa shape index (κ1) is 17.0. The van der Waals surface area contributed by atoms with Gasteiger partial charge in [0.25, 0.3) is 0 Å². The highest BCUT2D eigenvalue weighted by Crippen LogP contribution is 2.25. The van der Waals surface area contributed by atoms with Gasteiger partial charge in [0.05, 0.1) is 15.0 Å². The predicted molar refractivity (Wildman–Crippen MR) is 99.0 cm³/mol. The molecule has 112 valence electrons. The van der Waals surface area contributed by atoms with Crippen LogP contribution in [0.1, 0.15) is 30.9 Å². The molecule has 2 aromatic rings. The van der Waals surface area contributed by atoms with Crippen molar-refractivity contribution in [2.24, 2.45) is 5.92 Å². The molecule has 0 saturated heterocycles. The highest BCUT2D eigenvalue weighted by molar-refractivity contribution is 14.1. The second kappa shape index (κ2) is 7.79. The summed E-state index contributed by atoms with van der Waals surface area (Å²) >= 11 is 10.2. The van der Waals surface area contributed by atoms with Crippen LogP contribution in [0.2, 0.25) is 5.15 Å². The van der Waals surface area contributed by atoms with Gasteiger partial charge in [-0.05, 0) is 54.0 Å². The lowest BCUT2D eigenvalue weighted by Gasteiger charge is -2.10. The Morgan fingerprint density at radius 1 is 1.19 bits per heavy atom. The second-order valence-corrected chi connectivity index (χ2v) is 7.88. The molecule has 1 aromatic carbocycles. The van der Waals surface area contributed by atoms with E-state index in [9.17, 15) is 0 Å². The molecule has 0 aliphatic heterocycles. The van der Waals surface area contributed by atoms with Crippen molar-refractivity contribution in [2.45, 2.75) is 37.8 Å². The zero-order chi connectivity index (χ0) is 15.4. The van der Waals surface area contributed by atoms with Crippen molar-refractivity contribution in [2.75, 3.05) is 0 Å². The van der Waals surface area contributed by atoms with Crippen molar-refractivity contribution in [3.8, 4) is 0 Å². The first-order chi connectivity index (χ1) is 9.95. The Labute approximate surface area is 149 Å². The van der Waals surface area contributed by atoms with Crippen LogP contribution in [0.25, 0.3) is 0 Å². The van der Waals surface area contributed by atoms with Crippen LogP contribution < -0.4 is 0 Å². The Morgan fingerprint density at radius 3 is 2.48 bits per heavy atom. The zero-order valence-corrected chi connectivity index (χ0v) is 16.1. The number of rotatable bonds is 5. The Kier molecular flexibility index (Phi) is 6.32. The smallest absolute Gasteiger partial charge is 0.146 e. The second-order valence-electron chi connectivity index (χ2n) is 5.39. The molecule has 0 fully saturated rings. The van der Waals surface area contributed by atoms with Crippen LogP contribution in [0.5, 0.6) is 0 Å². The van der Waals surface area contributed by atoms with Gasteiger partial charge >= 0.3 is 0 Å². The van der Waals surface area contributed by atoms with Crippen molar-refractivity contribution in [1.82, 2.24) is 9.97 Å². The monoisotopic (exact) mass is 432 g/mol. The minimum Gasteiger partial charge on any atom is -0.236 e. The van der Waals surface area contributed by atoms with E-state index in [0.29, 0.717) is 11.1 Å². The average Bonchev–Trinajstić information content (AvgIpc) is 2.43. The Balaban J connectivity index is 2.12. The molecule has 2 nitrogen and oxygen atoms in total. The van der Waals surface area contributed by atoms with Crippen LogP contribution in [0.3, 0.4) is 0 Å². The third kappa shape index (κ3) is 5.11. The summed E-state index contributed by atoms with van der Waals surface area (Å²) in [7, 11) is 0. The van der Waals surface area contributed by atoms with E-state index in [2.05, 4.69) is 77.6 Å². The van der Waals surface area contributed by atoms with Crippen molar-refractivity contribution >= 4 is 46.0 Å². The van der Waals surface area contributed by atoms with Gasteiger partial charge < -0.3 is 0 Å². The number of hydrogen-bond donors (Lipinski definition) is 0. The summed E-state index contributed by atoms with van der Waals surface area (Å²) in [4.78, 5) is 10.3. The van der Waals surface area contributed by atoms with Crippen molar-refractivity contribution in [3.63, 3.8) is 0 Å². The molecule has 1 aromatic heterocycles. The van der Waals surface area contributed by atoms with E-state index in [0.717, 1.165) is 27.3 Å². The number of hydrogen-bond acceptors (Lipinski definition) is 3. The molecule has 0 atom stereocenters. The van der Waals surface area contributed by atoms with Crippen LogP contribution >= 0.6 is 46.0 Å². The standard InChI is InChI=1S/C16H18ClIN2S/c1-10(2)8-13-15(18)16(17)20-14(19-13)9-21-12-6-4-11(3)5-7-12/h4-7,10H,8-9H2,1-3H3. The largest absolute Gasteiger partial charge is 0.236 e. The molecule has 0 amide bonds. The number of aromatic nitrogens is 2. The molecule has 1 heterocycles. The van der Waals surface area contributed by atoms with Gasteiger partial charge in [-0.25, -0.2) is 9.97 Å². The molecule has 5 heteroatoms. The summed E-state index contributed by atoms with van der Waals surface area (Å²) in [5.41, 5.74) is 2.33. The molecule has 0 aliphatic rings. The highest BCUT2D eigenvalue weighted by Gasteiger charge is 2.12. The Hall–Kier alpha value is -0.330. The molecule has 0 spiro atoms. The Bertz CT molecular complexity index is 614. The fourth-order valence-electron chi connectivity index (χ4n) is 1.88. The number of benzene rings is 1. The van der Waals surface area contributed by atoms with E-state index in [1.807, 2.05) is 0 Å². The Morgan fingerprint density at radius 2 is 1.86 bits per heavy atom. The van der Waals surface area contributed by atoms with Crippen LogP contribution in [0.15, 0.2) is 29.2 Å². The van der Waals surface area contributed by atoms with Gasteiger partial charge in [0.15, 0.2) is 0 Å². The van der Waals surface area contributed by atoms with Gasteiger partial charge in [0.2, 0.25) is 0 Å². The normalized spacial score (nSPS) is 11.1. The lowest BCUT2D eigenvalue weighted by atomic mass is 10.1. The van der Waals surface area contributed by atoms with Gasteiger partial charge in [-0.2, -0.15) is 0 Å². The lowest BCUT2D eigenvalue weighted by Crippen LogP contribution is -2.06. The number of aryl methyl sites for hydroxylation is 1. The summed E-state index contributed by atoms with van der Waals surface area (Å²) in [5.74, 6) is 2.11. The van der Waals surface area contributed by atoms with E-state index in [1.165, 1.54) is 10.5 Å². The third-order valence-electron chi connectivity index (χ3n) is 2.92. The summed E-state index contributed by atoms with van der Waals surface area (Å²) in [6.07, 6.45) is 0.933. The maximum Gasteiger partial charge on any atom is 0.146 e. The highest BCUT2D eigenvalue weighted by atomic mass is 127. The minimum atomic E-state index is 0.557. The van der Waals surface area contributed by atoms with Gasteiger partial charge in [0.1, 0.15) is 11.0 Å². The van der Waals surface area contributed by atoms with Crippen molar-refractivity contribution in [3.05, 3.63) is 50.1 Å². The molecule has 0 aliphatic carbocycles. The molecule has 2 rings (SSSR count). The van der Waals surface area contributed by atoms with E-state index in [4.69, 9.17) is 11.6 Å². The SMILES string of the molecule is Cc1ccc(SCc2nc(Cl)c(I)c(CC(C)C)n2)cc1.